The first-order chi connectivity index (χ1) is 31.3. The minimum atomic E-state index is -2.05. The summed E-state index contributed by atoms with van der Waals surface area (Å²) in [6, 6.07) is 9.41. The average Bonchev–Trinajstić information content (AvgIpc) is 3.57. The van der Waals surface area contributed by atoms with E-state index in [1.165, 1.54) is 53.2 Å². The first-order valence-electron chi connectivity index (χ1n) is 21.9. The number of phenols is 3. The fourth-order valence-electron chi connectivity index (χ4n) is 8.70. The summed E-state index contributed by atoms with van der Waals surface area (Å²) < 4.78 is 23.7. The molecule has 1 aromatic heterocycles. The largest absolute Gasteiger partial charge is 0.507 e. The number of ether oxygens (including phenoxy) is 4. The Hall–Kier alpha value is -6.33. The highest BCUT2D eigenvalue weighted by atomic mass is 16.7. The fraction of sp³-hybridized carbons (Fsp3) is 0.420. The van der Waals surface area contributed by atoms with Gasteiger partial charge in [0.25, 0.3) is 11.7 Å². The van der Waals surface area contributed by atoms with Crippen molar-refractivity contribution in [1.82, 2.24) is 15.3 Å². The number of rotatable bonds is 8. The van der Waals surface area contributed by atoms with Crippen molar-refractivity contribution < 1.29 is 58.9 Å². The molecule has 4 aromatic rings. The second-order valence-corrected chi connectivity index (χ2v) is 17.4. The van der Waals surface area contributed by atoms with Crippen LogP contribution in [0.25, 0.3) is 22.2 Å². The third kappa shape index (κ3) is 9.92. The summed E-state index contributed by atoms with van der Waals surface area (Å²) in [6.07, 6.45) is 6.95. The third-order valence-electron chi connectivity index (χ3n) is 12.8. The van der Waals surface area contributed by atoms with Crippen molar-refractivity contribution in [2.24, 2.45) is 23.7 Å². The second-order valence-electron chi connectivity index (χ2n) is 17.4. The minimum absolute atomic E-state index is 0.0293. The maximum atomic E-state index is 14.5. The Morgan fingerprint density at radius 3 is 2.24 bits per heavy atom. The van der Waals surface area contributed by atoms with Gasteiger partial charge in [0.15, 0.2) is 11.6 Å². The number of aliphatic hydroxyl groups is 2. The van der Waals surface area contributed by atoms with Crippen LogP contribution in [-0.2, 0) is 36.8 Å². The third-order valence-corrected chi connectivity index (χ3v) is 12.8. The van der Waals surface area contributed by atoms with Crippen LogP contribution in [0.15, 0.2) is 78.9 Å². The number of anilines is 1. The van der Waals surface area contributed by atoms with Crippen molar-refractivity contribution in [3.8, 4) is 34.4 Å². The van der Waals surface area contributed by atoms with Gasteiger partial charge in [-0.25, -0.2) is 9.97 Å². The van der Waals surface area contributed by atoms with Gasteiger partial charge in [0.1, 0.15) is 23.4 Å². The maximum Gasteiger partial charge on any atom is 0.312 e. The minimum Gasteiger partial charge on any atom is -0.507 e. The smallest absolute Gasteiger partial charge is 0.312 e. The van der Waals surface area contributed by atoms with Gasteiger partial charge in [-0.05, 0) is 44.5 Å². The van der Waals surface area contributed by atoms with Gasteiger partial charge in [0.05, 0.1) is 41.2 Å². The summed E-state index contributed by atoms with van der Waals surface area (Å²) in [4.78, 5) is 49.4. The molecule has 3 aromatic carbocycles. The summed E-state index contributed by atoms with van der Waals surface area (Å²) >= 11 is 0. The number of carbonyl (C=O) groups is 3. The summed E-state index contributed by atoms with van der Waals surface area (Å²) in [5.74, 6) is -7.61. The topological polar surface area (TPSA) is 239 Å². The van der Waals surface area contributed by atoms with Crippen molar-refractivity contribution in [3.05, 3.63) is 101 Å². The van der Waals surface area contributed by atoms with E-state index < -0.39 is 88.8 Å². The lowest BCUT2D eigenvalue weighted by Crippen LogP contribution is -2.46. The summed E-state index contributed by atoms with van der Waals surface area (Å²) in [5, 5.41) is 64.5. The molecule has 0 fully saturated rings. The molecular formula is C50H60N4O12. The van der Waals surface area contributed by atoms with Gasteiger partial charge in [0, 0.05) is 91.2 Å². The molecule has 7 N–H and O–H groups in total. The van der Waals surface area contributed by atoms with Crippen LogP contribution in [0.3, 0.4) is 0 Å². The quantitative estimate of drug-likeness (QED) is 0.0430. The van der Waals surface area contributed by atoms with Crippen LogP contribution in [0, 0.1) is 30.6 Å². The number of hydrogen-bond acceptors (Lipinski definition) is 15. The molecular weight excluding hydrogens is 849 g/mol. The van der Waals surface area contributed by atoms with E-state index in [2.05, 4.69) is 20.6 Å². The molecule has 0 saturated heterocycles. The zero-order chi connectivity index (χ0) is 48.2. The van der Waals surface area contributed by atoms with Crippen LogP contribution in [0.2, 0.25) is 0 Å². The number of amides is 1. The summed E-state index contributed by atoms with van der Waals surface area (Å²) in [7, 11) is 1.44. The number of Topliss-reactive ketones (excluding diaryl/α,β-unsaturated/α-hetero) is 1. The van der Waals surface area contributed by atoms with Crippen molar-refractivity contribution >= 4 is 34.1 Å². The van der Waals surface area contributed by atoms with Gasteiger partial charge >= 0.3 is 11.8 Å². The average molecular weight is 909 g/mol. The standard InChI is InChI=1S/C50H60N4O12/c1-25-12-10-13-26(2)49(62)54-39-34(18-22-51-24-32-14-16-33(17-15-32)48-52-20-11-21-53-48)43(59)36-37(44(39)60)42(58)30(6)46-38(36)47(61)50(8,66-46)64-23-19-35(63-9)27(3)45(65-31(7)55)29(5)41(57)28(4)40(25)56/h10-17,19-21,23,25,27-29,35,40-41,45,51,56-60H,18,22,24H2,1-9H3,(H,54,62)/b12-10+,23-19+,26-13-/t25-,27+,28+,29+,35-,40-,41+,45+,50-/m0/s1. The molecule has 3 aliphatic rings. The predicted molar refractivity (Wildman–Crippen MR) is 247 cm³/mol. The normalized spacial score (nSPS) is 28.0. The van der Waals surface area contributed by atoms with Crippen LogP contribution >= 0.6 is 0 Å². The van der Waals surface area contributed by atoms with Crippen LogP contribution < -0.4 is 15.4 Å². The predicted octanol–water partition coefficient (Wildman–Crippen LogP) is 6.54. The Balaban J connectivity index is 1.42. The zero-order valence-electron chi connectivity index (χ0n) is 38.7. The molecule has 352 valence electrons. The molecule has 5 bridgehead atoms. The van der Waals surface area contributed by atoms with Crippen LogP contribution in [-0.4, -0.2) is 97.0 Å². The number of hydrogen-bond donors (Lipinski definition) is 7. The van der Waals surface area contributed by atoms with Crippen LogP contribution in [0.5, 0.6) is 23.0 Å². The van der Waals surface area contributed by atoms with E-state index in [1.54, 1.807) is 58.3 Å². The Morgan fingerprint density at radius 1 is 0.909 bits per heavy atom. The molecule has 3 aliphatic heterocycles. The first-order valence-corrected chi connectivity index (χ1v) is 21.9. The lowest BCUT2D eigenvalue weighted by molar-refractivity contribution is -0.160. The van der Waals surface area contributed by atoms with E-state index in [-0.39, 0.29) is 57.4 Å². The lowest BCUT2D eigenvalue weighted by atomic mass is 9.78. The molecule has 0 radical (unpaired) electrons. The Morgan fingerprint density at radius 2 is 1.59 bits per heavy atom. The SMILES string of the molecule is CO[C@H]1/C=C/O[C@@]2(C)Oc3c(C)c(O)c4c(O)c(c(CCNCc5ccc(-c6ncccn6)cc5)c(O)c4c3C2=O)NC(=O)/C(C)=C\C=C\[C@H](C)[C@H](O)[C@@H](C)[C@@H](O)[C@@H](C)[C@H](OC(C)=O)[C@@H]1C. The number of methoxy groups -OCH3 is 1. The van der Waals surface area contributed by atoms with Gasteiger partial charge in [-0.2, -0.15) is 0 Å². The highest BCUT2D eigenvalue weighted by Crippen LogP contribution is 2.55. The van der Waals surface area contributed by atoms with Crippen molar-refractivity contribution in [2.75, 3.05) is 19.0 Å². The van der Waals surface area contributed by atoms with Crippen molar-refractivity contribution in [1.29, 1.82) is 0 Å². The fourth-order valence-corrected chi connectivity index (χ4v) is 8.70. The van der Waals surface area contributed by atoms with Gasteiger partial charge < -0.3 is 55.1 Å². The first kappa shape index (κ1) is 49.1. The molecule has 1 amide bonds. The van der Waals surface area contributed by atoms with E-state index in [0.717, 1.165) is 11.1 Å². The molecule has 0 saturated carbocycles. The van der Waals surface area contributed by atoms with Gasteiger partial charge in [-0.1, -0.05) is 70.2 Å². The number of aromatic hydroxyl groups is 3. The molecule has 0 aliphatic carbocycles. The van der Waals surface area contributed by atoms with Gasteiger partial charge in [0.2, 0.25) is 0 Å². The zero-order valence-corrected chi connectivity index (χ0v) is 38.7. The van der Waals surface area contributed by atoms with E-state index in [9.17, 15) is 39.9 Å². The lowest BCUT2D eigenvalue weighted by Gasteiger charge is -2.38. The summed E-state index contributed by atoms with van der Waals surface area (Å²) in [6.45, 7) is 13.2. The van der Waals surface area contributed by atoms with E-state index in [1.807, 2.05) is 24.3 Å². The Labute approximate surface area is 384 Å². The number of aliphatic hydroxyl groups excluding tert-OH is 2. The van der Waals surface area contributed by atoms with E-state index in [4.69, 9.17) is 18.9 Å². The number of phenolic OH excluding ortho intramolecular Hbond substituents is 3. The monoisotopic (exact) mass is 908 g/mol. The number of esters is 1. The summed E-state index contributed by atoms with van der Waals surface area (Å²) in [5.41, 5.74) is 1.76. The molecule has 4 heterocycles. The Bertz CT molecular complexity index is 2540. The highest BCUT2D eigenvalue weighted by molar-refractivity contribution is 6.22. The molecule has 0 spiro atoms. The van der Waals surface area contributed by atoms with Crippen molar-refractivity contribution in [2.45, 2.75) is 98.6 Å². The number of nitrogens with one attached hydrogen (secondary N) is 2. The number of benzene rings is 3. The maximum absolute atomic E-state index is 14.5. The van der Waals surface area contributed by atoms with Crippen LogP contribution in [0.4, 0.5) is 5.69 Å². The second kappa shape index (κ2) is 20.5. The number of nitrogens with zero attached hydrogens (tertiary/aromatic N) is 2. The Kier molecular flexibility index (Phi) is 15.2. The number of ketones is 1. The number of carbonyl (C=O) groups excluding carboxylic acids is 3. The number of fused-ring (bicyclic) bond motifs is 14. The molecule has 7 rings (SSSR count). The van der Waals surface area contributed by atoms with E-state index >= 15 is 0 Å². The molecule has 16 heteroatoms. The molecule has 16 nitrogen and oxygen atoms in total. The molecule has 0 unspecified atom stereocenters. The van der Waals surface area contributed by atoms with Crippen molar-refractivity contribution in [3.63, 3.8) is 0 Å². The molecule has 66 heavy (non-hydrogen) atoms. The number of aromatic nitrogens is 2. The van der Waals surface area contributed by atoms with Crippen LogP contribution in [0.1, 0.15) is 75.5 Å². The highest BCUT2D eigenvalue weighted by Gasteiger charge is 2.50. The molecule has 9 atom stereocenters. The van der Waals surface area contributed by atoms with Gasteiger partial charge in [-0.15, -0.1) is 0 Å². The number of allylic oxidation sites excluding steroid dienone is 2. The van der Waals surface area contributed by atoms with Gasteiger partial charge in [-0.3, -0.25) is 14.4 Å². The van der Waals surface area contributed by atoms with E-state index in [0.29, 0.717) is 12.4 Å².